The highest BCUT2D eigenvalue weighted by atomic mass is 32.2. The fourth-order valence-electron chi connectivity index (χ4n) is 9.57. The number of nitro groups is 1. The van der Waals surface area contributed by atoms with Gasteiger partial charge in [0.05, 0.1) is 40.2 Å². The number of oxime groups is 1. The molecule has 3 N–H and O–H groups in total. The van der Waals surface area contributed by atoms with Crippen LogP contribution in [0.2, 0.25) is 0 Å². The molecular weight excluding hydrogens is 853 g/mol. The van der Waals surface area contributed by atoms with Crippen molar-refractivity contribution in [2.75, 3.05) is 32.2 Å². The maximum Gasteiger partial charge on any atom is 0.273 e. The molecule has 344 valence electrons. The third-order valence-corrected chi connectivity index (χ3v) is 14.3. The van der Waals surface area contributed by atoms with E-state index >= 15 is 0 Å². The van der Waals surface area contributed by atoms with Crippen molar-refractivity contribution >= 4 is 33.0 Å². The van der Waals surface area contributed by atoms with E-state index in [1.54, 1.807) is 30.3 Å². The molecule has 0 spiro atoms. The number of benzene rings is 4. The molecule has 1 saturated carbocycles. The minimum absolute atomic E-state index is 0.00169. The van der Waals surface area contributed by atoms with Gasteiger partial charge in [0.15, 0.2) is 0 Å². The Labute approximate surface area is 379 Å². The van der Waals surface area contributed by atoms with Crippen LogP contribution in [0, 0.1) is 27.9 Å². The van der Waals surface area contributed by atoms with Crippen molar-refractivity contribution < 1.29 is 47.4 Å². The van der Waals surface area contributed by atoms with Crippen molar-refractivity contribution in [3.8, 4) is 17.2 Å². The lowest BCUT2D eigenvalue weighted by atomic mass is 9.55. The number of carbonyl (C=O) groups is 1. The number of amides is 1. The second-order valence-electron chi connectivity index (χ2n) is 16.6. The molecule has 7 rings (SSSR count). The van der Waals surface area contributed by atoms with Gasteiger partial charge >= 0.3 is 0 Å². The number of hydrogen-bond donors (Lipinski definition) is 3. The number of nitrogens with zero attached hydrogens (tertiary/aromatic N) is 3. The number of likely N-dealkylation sites (N-methyl/N-ethyl adjacent to an activating group) is 1. The third kappa shape index (κ3) is 10.3. The van der Waals surface area contributed by atoms with Gasteiger partial charge in [-0.05, 0) is 97.2 Å². The highest BCUT2D eigenvalue weighted by Gasteiger charge is 2.65. The lowest BCUT2D eigenvalue weighted by Crippen LogP contribution is -2.69. The fourth-order valence-corrected chi connectivity index (χ4v) is 10.9. The van der Waals surface area contributed by atoms with Gasteiger partial charge in [-0.15, -0.1) is 6.58 Å². The first-order chi connectivity index (χ1) is 31.4. The topological polar surface area (TPSA) is 199 Å². The molecule has 0 bridgehead atoms. The van der Waals surface area contributed by atoms with Gasteiger partial charge in [0, 0.05) is 56.8 Å². The second kappa shape index (κ2) is 20.9. The smallest absolute Gasteiger partial charge is 0.273 e. The minimum atomic E-state index is -4.29. The Balaban J connectivity index is 1.43. The van der Waals surface area contributed by atoms with E-state index in [0.29, 0.717) is 48.6 Å². The summed E-state index contributed by atoms with van der Waals surface area (Å²) < 4.78 is 51.5. The summed E-state index contributed by atoms with van der Waals surface area (Å²) in [6.45, 7) is 5.54. The largest absolute Gasteiger partial charge is 0.460 e. The first-order valence-corrected chi connectivity index (χ1v) is 23.4. The summed E-state index contributed by atoms with van der Waals surface area (Å²) in [6, 6.07) is 25.8. The maximum absolute atomic E-state index is 14.9. The molecule has 4 aromatic rings. The molecule has 0 saturated heterocycles. The van der Waals surface area contributed by atoms with Gasteiger partial charge in [0.2, 0.25) is 21.7 Å². The minimum Gasteiger partial charge on any atom is -0.460 e. The molecule has 6 unspecified atom stereocenters. The second-order valence-corrected chi connectivity index (χ2v) is 18.6. The van der Waals surface area contributed by atoms with Crippen LogP contribution < -0.4 is 14.8 Å². The van der Waals surface area contributed by atoms with Crippen LogP contribution in [-0.4, -0.2) is 78.2 Å². The summed E-state index contributed by atoms with van der Waals surface area (Å²) in [7, 11) is -2.79. The number of hydrogen-bond acceptors (Lipinski definition) is 12. The van der Waals surface area contributed by atoms with Crippen LogP contribution >= 0.6 is 0 Å². The zero-order valence-electron chi connectivity index (χ0n) is 36.6. The number of carbonyl (C=O) groups excluding carboxylic acids is 1. The Morgan fingerprint density at radius 3 is 2.40 bits per heavy atom. The highest BCUT2D eigenvalue weighted by Crippen LogP contribution is 2.62. The van der Waals surface area contributed by atoms with E-state index in [1.807, 2.05) is 36.4 Å². The Hall–Kier alpha value is -5.91. The third-order valence-electron chi connectivity index (χ3n) is 12.4. The molecule has 15 nitrogen and oxygen atoms in total. The van der Waals surface area contributed by atoms with Crippen LogP contribution in [0.4, 0.5) is 11.4 Å². The number of allylic oxidation sites excluding steroid dienone is 1. The van der Waals surface area contributed by atoms with Crippen LogP contribution in [0.5, 0.6) is 17.2 Å². The number of aliphatic hydroxyl groups is 2. The number of nitrogens with one attached hydrogen (secondary N) is 1. The molecule has 1 fully saturated rings. The summed E-state index contributed by atoms with van der Waals surface area (Å²) in [6.07, 6.45) is 7.83. The molecule has 1 aliphatic heterocycles. The summed E-state index contributed by atoms with van der Waals surface area (Å²) in [5, 5.41) is 39.0. The van der Waals surface area contributed by atoms with Crippen LogP contribution in [0.15, 0.2) is 131 Å². The average molecular weight is 909 g/mol. The molecule has 0 aromatic heterocycles. The molecule has 3 aliphatic rings. The number of ether oxygens (including phenoxy) is 3. The molecule has 0 radical (unpaired) electrons. The Morgan fingerprint density at radius 2 is 1.71 bits per heavy atom. The van der Waals surface area contributed by atoms with E-state index in [-0.39, 0.29) is 66.9 Å². The molecule has 2 aliphatic carbocycles. The van der Waals surface area contributed by atoms with Crippen molar-refractivity contribution in [2.45, 2.75) is 81.1 Å². The molecular formula is C49H56N4O11S. The lowest BCUT2D eigenvalue weighted by molar-refractivity contribution is -0.384. The number of sulfonamides is 1. The predicted molar refractivity (Wildman–Crippen MR) is 245 cm³/mol. The summed E-state index contributed by atoms with van der Waals surface area (Å²) in [4.78, 5) is 29.1. The van der Waals surface area contributed by atoms with Gasteiger partial charge in [-0.2, -0.15) is 4.31 Å². The monoisotopic (exact) mass is 908 g/mol. The van der Waals surface area contributed by atoms with E-state index in [1.165, 1.54) is 54.7 Å². The fraction of sp³-hybridized carbons (Fsp3) is 0.388. The van der Waals surface area contributed by atoms with E-state index in [9.17, 15) is 33.5 Å². The number of aliphatic hydroxyl groups excluding tert-OH is 2. The highest BCUT2D eigenvalue weighted by molar-refractivity contribution is 7.89. The van der Waals surface area contributed by atoms with Crippen molar-refractivity contribution in [2.24, 2.45) is 22.9 Å². The molecule has 1 heterocycles. The molecule has 65 heavy (non-hydrogen) atoms. The lowest BCUT2D eigenvalue weighted by Gasteiger charge is -2.59. The number of nitro benzene ring substituents is 1. The number of fused-ring (bicyclic) bond motifs is 2. The molecule has 1 amide bonds. The normalized spacial score (nSPS) is 22.8. The summed E-state index contributed by atoms with van der Waals surface area (Å²) in [5.74, 6) is -2.10. The molecule has 16 heteroatoms. The summed E-state index contributed by atoms with van der Waals surface area (Å²) in [5.41, 5.74) is 3.29. The van der Waals surface area contributed by atoms with E-state index in [0.717, 1.165) is 29.5 Å². The number of unbranched alkanes of at least 4 members (excludes halogenated alkanes) is 2. The molecule has 4 aromatic carbocycles. The van der Waals surface area contributed by atoms with Crippen LogP contribution in [0.3, 0.4) is 0 Å². The van der Waals surface area contributed by atoms with E-state index in [2.05, 4.69) is 18.0 Å². The number of anilines is 1. The van der Waals surface area contributed by atoms with Crippen LogP contribution in [0.25, 0.3) is 0 Å². The SMILES string of the molecule is C=CCOC12Oc3ccc(Oc4cccc([N+](=O)[O-])c4)cc3C3C(CCCCO)C(CCCCO)C=C(C(=NOCc4ccccc4)CC1N(C)S(=O)(=O)c1ccc(NC(C)=O)cc1)C32. The predicted octanol–water partition coefficient (Wildman–Crippen LogP) is 8.50. The van der Waals surface area contributed by atoms with Gasteiger partial charge in [-0.3, -0.25) is 14.9 Å². The Bertz CT molecular complexity index is 2500. The van der Waals surface area contributed by atoms with E-state index in [4.69, 9.17) is 24.2 Å². The van der Waals surface area contributed by atoms with Crippen molar-refractivity contribution in [3.63, 3.8) is 0 Å². The zero-order valence-corrected chi connectivity index (χ0v) is 37.4. The average Bonchev–Trinajstić information content (AvgIpc) is 3.30. The quantitative estimate of drug-likeness (QED) is 0.0313. The first-order valence-electron chi connectivity index (χ1n) is 21.9. The van der Waals surface area contributed by atoms with Crippen LogP contribution in [-0.2, 0) is 31.0 Å². The van der Waals surface area contributed by atoms with Gasteiger partial charge in [-0.1, -0.05) is 66.5 Å². The standard InChI is InChI=1S/C49H56N4O11S/c1-4-27-61-49-46(52(3)65(59,60)40-22-19-36(20-23-40)50-33(2)56)31-44(51-62-32-34-13-6-5-7-14-34)42-28-35(15-8-10-25-54)41(18-9-11-26-55)47(48(42)49)43-30-39(21-24-45(43)64-49)63-38-17-12-16-37(29-38)53(57)58/h4-7,12-14,16-17,19-24,28-30,35,41,46-48,54-55H,1,8-11,15,18,25-27,31-32H2,2-3H3,(H,50,56). The van der Waals surface area contributed by atoms with Gasteiger partial charge in [0.25, 0.3) is 5.69 Å². The van der Waals surface area contributed by atoms with Gasteiger partial charge in [-0.25, -0.2) is 8.42 Å². The Morgan fingerprint density at radius 1 is 0.985 bits per heavy atom. The maximum atomic E-state index is 14.9. The van der Waals surface area contributed by atoms with Gasteiger partial charge in [0.1, 0.15) is 23.9 Å². The number of non-ortho nitro benzene ring substituents is 1. The van der Waals surface area contributed by atoms with Crippen LogP contribution in [0.1, 0.15) is 68.9 Å². The van der Waals surface area contributed by atoms with E-state index < -0.39 is 38.6 Å². The number of rotatable bonds is 21. The Kier molecular flexibility index (Phi) is 15.2. The van der Waals surface area contributed by atoms with Crippen molar-refractivity contribution in [1.82, 2.24) is 4.31 Å². The van der Waals surface area contributed by atoms with Gasteiger partial charge < -0.3 is 34.6 Å². The zero-order chi connectivity index (χ0) is 46.1. The van der Waals surface area contributed by atoms with Crippen molar-refractivity contribution in [3.05, 3.63) is 143 Å². The molecule has 6 atom stereocenters. The van der Waals surface area contributed by atoms with Crippen molar-refractivity contribution in [1.29, 1.82) is 0 Å². The first kappa shape index (κ1) is 47.1. The summed E-state index contributed by atoms with van der Waals surface area (Å²) >= 11 is 0.